The van der Waals surface area contributed by atoms with Crippen molar-refractivity contribution in [1.82, 2.24) is 10.4 Å². The molecular weight excluding hydrogens is 222 g/mol. The molecule has 0 fully saturated rings. The van der Waals surface area contributed by atoms with Gasteiger partial charge in [0.2, 0.25) is 0 Å². The van der Waals surface area contributed by atoms with Crippen molar-refractivity contribution in [3.8, 4) is 0 Å². The first-order chi connectivity index (χ1) is 5.77. The van der Waals surface area contributed by atoms with Crippen LogP contribution in [0.5, 0.6) is 0 Å². The number of hydrogen-bond acceptors (Lipinski definition) is 3. The van der Waals surface area contributed by atoms with Gasteiger partial charge in [-0.2, -0.15) is 0 Å². The summed E-state index contributed by atoms with van der Waals surface area (Å²) >= 11 is 3.24. The molecule has 0 atom stereocenters. The molecule has 0 saturated heterocycles. The fraction of sp³-hybridized carbons (Fsp3) is 0.143. The van der Waals surface area contributed by atoms with E-state index < -0.39 is 0 Å². The molecule has 1 aromatic heterocycles. The van der Waals surface area contributed by atoms with Crippen LogP contribution in [0.4, 0.5) is 0 Å². The zero-order valence-electron chi connectivity index (χ0n) is 6.25. The SMILES string of the molecule is NNC(=O)c1cccc(CBr)n1. The maximum atomic E-state index is 11.0. The van der Waals surface area contributed by atoms with Gasteiger partial charge in [0.15, 0.2) is 0 Å². The number of aromatic nitrogens is 1. The minimum absolute atomic E-state index is 0.328. The Hall–Kier alpha value is -0.940. The van der Waals surface area contributed by atoms with Gasteiger partial charge in [0, 0.05) is 5.33 Å². The number of halogens is 1. The molecule has 0 radical (unpaired) electrons. The Bertz CT molecular complexity index is 290. The lowest BCUT2D eigenvalue weighted by molar-refractivity contribution is 0.0948. The van der Waals surface area contributed by atoms with Crippen LogP contribution in [0, 0.1) is 0 Å². The molecular formula is C7H8BrN3O. The van der Waals surface area contributed by atoms with Crippen LogP contribution in [0.2, 0.25) is 0 Å². The van der Waals surface area contributed by atoms with E-state index in [2.05, 4.69) is 20.9 Å². The number of nitrogens with zero attached hydrogens (tertiary/aromatic N) is 1. The van der Waals surface area contributed by atoms with Gasteiger partial charge in [-0.1, -0.05) is 22.0 Å². The molecule has 0 saturated carbocycles. The molecule has 1 heterocycles. The summed E-state index contributed by atoms with van der Waals surface area (Å²) in [5, 5.41) is 0.624. The van der Waals surface area contributed by atoms with Crippen molar-refractivity contribution in [2.24, 2.45) is 5.84 Å². The van der Waals surface area contributed by atoms with Crippen LogP contribution in [0.25, 0.3) is 0 Å². The summed E-state index contributed by atoms with van der Waals surface area (Å²) in [6.07, 6.45) is 0. The molecule has 3 N–H and O–H groups in total. The second-order valence-corrected chi connectivity index (χ2v) is 2.68. The summed E-state index contributed by atoms with van der Waals surface area (Å²) in [5.41, 5.74) is 3.15. The maximum Gasteiger partial charge on any atom is 0.283 e. The zero-order valence-corrected chi connectivity index (χ0v) is 7.84. The van der Waals surface area contributed by atoms with Gasteiger partial charge in [0.25, 0.3) is 5.91 Å². The summed E-state index contributed by atoms with van der Waals surface area (Å²) in [5.74, 6) is 4.57. The highest BCUT2D eigenvalue weighted by molar-refractivity contribution is 9.08. The number of nitrogens with two attached hydrogens (primary N) is 1. The van der Waals surface area contributed by atoms with Crippen LogP contribution < -0.4 is 11.3 Å². The van der Waals surface area contributed by atoms with Gasteiger partial charge in [-0.05, 0) is 12.1 Å². The highest BCUT2D eigenvalue weighted by Crippen LogP contribution is 2.03. The number of amides is 1. The largest absolute Gasteiger partial charge is 0.289 e. The molecule has 0 aliphatic carbocycles. The minimum atomic E-state index is -0.377. The van der Waals surface area contributed by atoms with Crippen molar-refractivity contribution in [1.29, 1.82) is 0 Å². The normalized spacial score (nSPS) is 9.50. The second kappa shape index (κ2) is 4.18. The van der Waals surface area contributed by atoms with Crippen LogP contribution in [0.3, 0.4) is 0 Å². The number of nitrogens with one attached hydrogen (secondary N) is 1. The van der Waals surface area contributed by atoms with Crippen LogP contribution in [0.15, 0.2) is 18.2 Å². The van der Waals surface area contributed by atoms with E-state index in [0.717, 1.165) is 5.69 Å². The molecule has 1 rings (SSSR count). The summed E-state index contributed by atoms with van der Waals surface area (Å²) in [7, 11) is 0. The van der Waals surface area contributed by atoms with Gasteiger partial charge in [-0.15, -0.1) is 0 Å². The second-order valence-electron chi connectivity index (χ2n) is 2.12. The molecule has 0 aliphatic heterocycles. The first-order valence-corrected chi connectivity index (χ1v) is 4.43. The van der Waals surface area contributed by atoms with Crippen molar-refractivity contribution in [3.05, 3.63) is 29.6 Å². The Kier molecular flexibility index (Phi) is 3.19. The van der Waals surface area contributed by atoms with Gasteiger partial charge in [-0.25, -0.2) is 10.8 Å². The van der Waals surface area contributed by atoms with Crippen molar-refractivity contribution in [2.45, 2.75) is 5.33 Å². The predicted octanol–water partition coefficient (Wildman–Crippen LogP) is 0.580. The fourth-order valence-electron chi connectivity index (χ4n) is 0.754. The number of hydrazine groups is 1. The van der Waals surface area contributed by atoms with E-state index in [1.165, 1.54) is 0 Å². The summed E-state index contributed by atoms with van der Waals surface area (Å²) < 4.78 is 0. The number of hydrogen-bond donors (Lipinski definition) is 2. The highest BCUT2D eigenvalue weighted by Gasteiger charge is 2.04. The van der Waals surface area contributed by atoms with Crippen LogP contribution >= 0.6 is 15.9 Å². The number of carbonyl (C=O) groups excluding carboxylic acids is 1. The molecule has 64 valence electrons. The van der Waals surface area contributed by atoms with E-state index in [1.807, 2.05) is 11.5 Å². The third-order valence-electron chi connectivity index (χ3n) is 1.31. The van der Waals surface area contributed by atoms with E-state index in [1.54, 1.807) is 12.1 Å². The smallest absolute Gasteiger partial charge is 0.283 e. The zero-order chi connectivity index (χ0) is 8.97. The lowest BCUT2D eigenvalue weighted by atomic mass is 10.3. The topological polar surface area (TPSA) is 68.0 Å². The Balaban J connectivity index is 2.93. The van der Waals surface area contributed by atoms with Gasteiger partial charge in [0.1, 0.15) is 5.69 Å². The Morgan fingerprint density at radius 1 is 1.67 bits per heavy atom. The number of nitrogen functional groups attached to an aromatic ring is 1. The molecule has 1 amide bonds. The van der Waals surface area contributed by atoms with Gasteiger partial charge in [-0.3, -0.25) is 10.2 Å². The van der Waals surface area contributed by atoms with Gasteiger partial charge < -0.3 is 0 Å². The first-order valence-electron chi connectivity index (χ1n) is 3.30. The third kappa shape index (κ3) is 2.02. The van der Waals surface area contributed by atoms with Crippen LogP contribution in [0.1, 0.15) is 16.2 Å². The monoisotopic (exact) mass is 229 g/mol. The fourth-order valence-corrected chi connectivity index (χ4v) is 1.07. The minimum Gasteiger partial charge on any atom is -0.289 e. The van der Waals surface area contributed by atoms with Gasteiger partial charge >= 0.3 is 0 Å². The van der Waals surface area contributed by atoms with E-state index in [4.69, 9.17) is 5.84 Å². The van der Waals surface area contributed by atoms with Gasteiger partial charge in [0.05, 0.1) is 5.69 Å². The Morgan fingerprint density at radius 2 is 2.42 bits per heavy atom. The quantitative estimate of drug-likeness (QED) is 0.338. The summed E-state index contributed by atoms with van der Waals surface area (Å²) in [6.45, 7) is 0. The third-order valence-corrected chi connectivity index (χ3v) is 1.88. The van der Waals surface area contributed by atoms with E-state index in [0.29, 0.717) is 11.0 Å². The van der Waals surface area contributed by atoms with E-state index >= 15 is 0 Å². The van der Waals surface area contributed by atoms with E-state index in [-0.39, 0.29) is 5.91 Å². The lowest BCUT2D eigenvalue weighted by Gasteiger charge is -1.99. The van der Waals surface area contributed by atoms with Crippen molar-refractivity contribution in [3.63, 3.8) is 0 Å². The molecule has 12 heavy (non-hydrogen) atoms. The van der Waals surface area contributed by atoms with Crippen molar-refractivity contribution < 1.29 is 4.79 Å². The maximum absolute atomic E-state index is 11.0. The molecule has 0 bridgehead atoms. The highest BCUT2D eigenvalue weighted by atomic mass is 79.9. The molecule has 0 spiro atoms. The Morgan fingerprint density at radius 3 is 3.00 bits per heavy atom. The molecule has 4 nitrogen and oxygen atoms in total. The lowest BCUT2D eigenvalue weighted by Crippen LogP contribution is -2.30. The van der Waals surface area contributed by atoms with Crippen molar-refractivity contribution in [2.75, 3.05) is 0 Å². The number of alkyl halides is 1. The van der Waals surface area contributed by atoms with E-state index in [9.17, 15) is 4.79 Å². The average molecular weight is 230 g/mol. The molecule has 0 aromatic carbocycles. The number of rotatable bonds is 2. The predicted molar refractivity (Wildman–Crippen MR) is 48.5 cm³/mol. The molecule has 1 aromatic rings. The first kappa shape index (κ1) is 9.15. The average Bonchev–Trinajstić information content (AvgIpc) is 2.17. The molecule has 5 heteroatoms. The summed E-state index contributed by atoms with van der Waals surface area (Å²) in [4.78, 5) is 15.0. The standard InChI is InChI=1S/C7H8BrN3O/c8-4-5-2-1-3-6(10-5)7(12)11-9/h1-3H,4,9H2,(H,11,12). The van der Waals surface area contributed by atoms with Crippen molar-refractivity contribution >= 4 is 21.8 Å². The Labute approximate surface area is 78.3 Å². The van der Waals surface area contributed by atoms with Crippen LogP contribution in [-0.4, -0.2) is 10.9 Å². The number of carbonyl (C=O) groups is 1. The summed E-state index contributed by atoms with van der Waals surface area (Å²) in [6, 6.07) is 5.19. The van der Waals surface area contributed by atoms with Crippen LogP contribution in [-0.2, 0) is 5.33 Å². The molecule has 0 unspecified atom stereocenters. The number of pyridine rings is 1. The molecule has 0 aliphatic rings.